The second-order valence-corrected chi connectivity index (χ2v) is 5.86. The molecule has 3 heterocycles. The molecular formula is C18H13N7O. The predicted octanol–water partition coefficient (Wildman–Crippen LogP) is 2.68. The largest absolute Gasteiger partial charge is 0.332 e. The van der Waals surface area contributed by atoms with Gasteiger partial charge in [0.15, 0.2) is 17.8 Å². The van der Waals surface area contributed by atoms with Crippen LogP contribution in [0.4, 0.5) is 0 Å². The lowest BCUT2D eigenvalue weighted by Gasteiger charge is -2.13. The molecule has 8 heteroatoms. The van der Waals surface area contributed by atoms with Crippen LogP contribution in [0.3, 0.4) is 0 Å². The van der Waals surface area contributed by atoms with E-state index >= 15 is 0 Å². The summed E-state index contributed by atoms with van der Waals surface area (Å²) in [6.45, 7) is 0.710. The number of nitrogens with zero attached hydrogens (tertiary/aromatic N) is 7. The fraction of sp³-hybridized carbons (Fsp3) is 0.222. The first-order valence-electron chi connectivity index (χ1n) is 8.12. The zero-order valence-electron chi connectivity index (χ0n) is 13.7. The van der Waals surface area contributed by atoms with Crippen molar-refractivity contribution in [2.45, 2.75) is 18.9 Å². The van der Waals surface area contributed by atoms with Gasteiger partial charge in [0.2, 0.25) is 0 Å². The minimum Gasteiger partial charge on any atom is -0.332 e. The lowest BCUT2D eigenvalue weighted by atomic mass is 10.1. The van der Waals surface area contributed by atoms with Crippen LogP contribution in [0.2, 0.25) is 0 Å². The fourth-order valence-corrected chi connectivity index (χ4v) is 2.94. The van der Waals surface area contributed by atoms with E-state index in [4.69, 9.17) is 9.78 Å². The Kier molecular flexibility index (Phi) is 4.00. The summed E-state index contributed by atoms with van der Waals surface area (Å²) in [5, 5.41) is 22.1. The first-order chi connectivity index (χ1) is 12.8. The second kappa shape index (κ2) is 6.61. The van der Waals surface area contributed by atoms with Gasteiger partial charge in [0.05, 0.1) is 11.6 Å². The molecule has 1 aliphatic heterocycles. The number of rotatable bonds is 3. The van der Waals surface area contributed by atoms with Crippen molar-refractivity contribution in [1.29, 1.82) is 10.5 Å². The van der Waals surface area contributed by atoms with Gasteiger partial charge in [-0.2, -0.15) is 15.5 Å². The molecule has 1 aliphatic rings. The molecule has 4 rings (SSSR count). The van der Waals surface area contributed by atoms with Crippen LogP contribution in [0, 0.1) is 22.8 Å². The highest BCUT2D eigenvalue weighted by Crippen LogP contribution is 2.30. The summed E-state index contributed by atoms with van der Waals surface area (Å²) in [7, 11) is 0. The highest BCUT2D eigenvalue weighted by molar-refractivity contribution is 5.59. The number of likely N-dealkylation sites (tertiary alicyclic amines) is 1. The molecule has 1 atom stereocenters. The standard InChI is InChI=1S/C18H13N7O/c19-10-12-3-5-13(6-4-12)16-21-8-7-14(22-16)18-23-17(24-26-18)15-2-1-9-25(15)11-20/h3-8,15H,1-2,9H2/t15-/m0/s1. The molecule has 8 nitrogen and oxygen atoms in total. The molecule has 1 aromatic carbocycles. The van der Waals surface area contributed by atoms with E-state index in [9.17, 15) is 5.26 Å². The molecule has 0 saturated carbocycles. The molecule has 1 saturated heterocycles. The van der Waals surface area contributed by atoms with Gasteiger partial charge in [-0.25, -0.2) is 9.97 Å². The molecule has 0 aliphatic carbocycles. The van der Waals surface area contributed by atoms with E-state index in [1.807, 2.05) is 0 Å². The van der Waals surface area contributed by atoms with Gasteiger partial charge in [0, 0.05) is 18.3 Å². The van der Waals surface area contributed by atoms with Crippen LogP contribution in [-0.2, 0) is 0 Å². The Morgan fingerprint density at radius 2 is 1.96 bits per heavy atom. The summed E-state index contributed by atoms with van der Waals surface area (Å²) in [5.41, 5.74) is 1.88. The van der Waals surface area contributed by atoms with Crippen LogP contribution in [0.5, 0.6) is 0 Å². The van der Waals surface area contributed by atoms with Crippen molar-refractivity contribution in [1.82, 2.24) is 25.0 Å². The van der Waals surface area contributed by atoms with Gasteiger partial charge in [-0.3, -0.25) is 4.90 Å². The fourth-order valence-electron chi connectivity index (χ4n) is 2.94. The third kappa shape index (κ3) is 2.85. The molecule has 0 spiro atoms. The van der Waals surface area contributed by atoms with E-state index in [-0.39, 0.29) is 6.04 Å². The van der Waals surface area contributed by atoms with Gasteiger partial charge >= 0.3 is 0 Å². The lowest BCUT2D eigenvalue weighted by molar-refractivity contribution is 0.339. The number of aromatic nitrogens is 4. The molecule has 0 N–H and O–H groups in total. The van der Waals surface area contributed by atoms with Crippen LogP contribution in [0.25, 0.3) is 23.0 Å². The summed E-state index contributed by atoms with van der Waals surface area (Å²) in [6.07, 6.45) is 5.54. The Bertz CT molecular complexity index is 1010. The SMILES string of the molecule is N#Cc1ccc(-c2nccc(-c3nc([C@@H]4CCCN4C#N)no3)n2)cc1. The van der Waals surface area contributed by atoms with Crippen LogP contribution in [0.15, 0.2) is 41.1 Å². The number of nitriles is 2. The van der Waals surface area contributed by atoms with Crippen molar-refractivity contribution in [2.75, 3.05) is 6.54 Å². The predicted molar refractivity (Wildman–Crippen MR) is 89.8 cm³/mol. The van der Waals surface area contributed by atoms with Gasteiger partial charge in [-0.15, -0.1) is 0 Å². The Morgan fingerprint density at radius 3 is 2.73 bits per heavy atom. The lowest BCUT2D eigenvalue weighted by Crippen LogP contribution is -2.17. The summed E-state index contributed by atoms with van der Waals surface area (Å²) >= 11 is 0. The van der Waals surface area contributed by atoms with Crippen molar-refractivity contribution in [3.05, 3.63) is 47.9 Å². The molecule has 3 aromatic rings. The minimum absolute atomic E-state index is 0.141. The van der Waals surface area contributed by atoms with Gasteiger partial charge in [0.1, 0.15) is 11.7 Å². The van der Waals surface area contributed by atoms with E-state index < -0.39 is 0 Å². The third-order valence-corrected chi connectivity index (χ3v) is 4.27. The second-order valence-electron chi connectivity index (χ2n) is 5.86. The average molecular weight is 343 g/mol. The summed E-state index contributed by atoms with van der Waals surface area (Å²) < 4.78 is 5.35. The van der Waals surface area contributed by atoms with Crippen LogP contribution >= 0.6 is 0 Å². The van der Waals surface area contributed by atoms with Gasteiger partial charge in [-0.05, 0) is 43.2 Å². The first-order valence-corrected chi connectivity index (χ1v) is 8.12. The van der Waals surface area contributed by atoms with Crippen molar-refractivity contribution in [3.8, 4) is 35.2 Å². The van der Waals surface area contributed by atoms with Crippen molar-refractivity contribution in [3.63, 3.8) is 0 Å². The third-order valence-electron chi connectivity index (χ3n) is 4.27. The number of hydrogen-bond donors (Lipinski definition) is 0. The monoisotopic (exact) mass is 343 g/mol. The molecule has 0 unspecified atom stereocenters. The van der Waals surface area contributed by atoms with Gasteiger partial charge in [-0.1, -0.05) is 5.16 Å². The van der Waals surface area contributed by atoms with Crippen molar-refractivity contribution in [2.24, 2.45) is 0 Å². The Morgan fingerprint density at radius 1 is 1.12 bits per heavy atom. The maximum atomic E-state index is 9.17. The summed E-state index contributed by atoms with van der Waals surface area (Å²) in [5.74, 6) is 1.30. The van der Waals surface area contributed by atoms with Crippen LogP contribution < -0.4 is 0 Å². The van der Waals surface area contributed by atoms with E-state index in [0.29, 0.717) is 35.3 Å². The molecule has 26 heavy (non-hydrogen) atoms. The molecule has 0 bridgehead atoms. The Labute approximate surface area is 149 Å². The highest BCUT2D eigenvalue weighted by atomic mass is 16.5. The normalized spacial score (nSPS) is 16.2. The van der Waals surface area contributed by atoms with Gasteiger partial charge < -0.3 is 4.52 Å². The zero-order valence-corrected chi connectivity index (χ0v) is 13.7. The zero-order chi connectivity index (χ0) is 17.9. The maximum Gasteiger partial charge on any atom is 0.276 e. The summed E-state index contributed by atoms with van der Waals surface area (Å²) in [6, 6.07) is 10.6. The molecule has 126 valence electrons. The molecule has 0 radical (unpaired) electrons. The van der Waals surface area contributed by atoms with Crippen LogP contribution in [-0.4, -0.2) is 31.6 Å². The van der Waals surface area contributed by atoms with Crippen LogP contribution in [0.1, 0.15) is 30.3 Å². The first kappa shape index (κ1) is 15.7. The topological polar surface area (TPSA) is 116 Å². The van der Waals surface area contributed by atoms with E-state index in [1.165, 1.54) is 0 Å². The average Bonchev–Trinajstić information content (AvgIpc) is 3.37. The molecule has 1 fully saturated rings. The van der Waals surface area contributed by atoms with E-state index in [2.05, 4.69) is 32.4 Å². The molecule has 2 aromatic heterocycles. The smallest absolute Gasteiger partial charge is 0.276 e. The molecular weight excluding hydrogens is 330 g/mol. The quantitative estimate of drug-likeness (QED) is 0.666. The number of benzene rings is 1. The van der Waals surface area contributed by atoms with Crippen molar-refractivity contribution < 1.29 is 4.52 Å². The van der Waals surface area contributed by atoms with Gasteiger partial charge in [0.25, 0.3) is 5.89 Å². The Hall–Kier alpha value is -3.78. The van der Waals surface area contributed by atoms with E-state index in [0.717, 1.165) is 18.4 Å². The van der Waals surface area contributed by atoms with Crippen molar-refractivity contribution >= 4 is 0 Å². The maximum absolute atomic E-state index is 9.17. The Balaban J connectivity index is 1.63. The molecule has 0 amide bonds. The summed E-state index contributed by atoms with van der Waals surface area (Å²) in [4.78, 5) is 14.8. The highest BCUT2D eigenvalue weighted by Gasteiger charge is 2.29. The minimum atomic E-state index is -0.141. The van der Waals surface area contributed by atoms with E-state index in [1.54, 1.807) is 41.4 Å². The number of hydrogen-bond acceptors (Lipinski definition) is 8.